The van der Waals surface area contributed by atoms with Crippen LogP contribution in [0.2, 0.25) is 0 Å². The zero-order valence-corrected chi connectivity index (χ0v) is 7.99. The third kappa shape index (κ3) is 2.99. The summed E-state index contributed by atoms with van der Waals surface area (Å²) in [5.41, 5.74) is 0. The van der Waals surface area contributed by atoms with E-state index in [2.05, 4.69) is 29.1 Å². The van der Waals surface area contributed by atoms with Gasteiger partial charge >= 0.3 is 0 Å². The molecule has 0 aliphatic heterocycles. The van der Waals surface area contributed by atoms with E-state index in [4.69, 9.17) is 5.11 Å². The lowest BCUT2D eigenvalue weighted by Crippen LogP contribution is -2.15. The highest BCUT2D eigenvalue weighted by atomic mass is 16.3. The Morgan fingerprint density at radius 3 is 3.00 bits per heavy atom. The van der Waals surface area contributed by atoms with Gasteiger partial charge in [0.1, 0.15) is 12.4 Å². The molecule has 0 saturated carbocycles. The normalized spacial score (nSPS) is 12.5. The monoisotopic (exact) mass is 181 g/mol. The van der Waals surface area contributed by atoms with Crippen LogP contribution in [0.15, 0.2) is 12.3 Å². The molecular weight excluding hydrogens is 166 g/mol. The summed E-state index contributed by atoms with van der Waals surface area (Å²) in [6.45, 7) is 4.07. The summed E-state index contributed by atoms with van der Waals surface area (Å²) in [5.74, 6) is 1.22. The van der Waals surface area contributed by atoms with Crippen LogP contribution < -0.4 is 5.32 Å². The van der Waals surface area contributed by atoms with Crippen molar-refractivity contribution >= 4 is 5.82 Å². The molecule has 0 aromatic carbocycles. The van der Waals surface area contributed by atoms with Crippen LogP contribution in [-0.4, -0.2) is 21.1 Å². The second kappa shape index (κ2) is 4.77. The first-order valence-corrected chi connectivity index (χ1v) is 4.45. The van der Waals surface area contributed by atoms with Crippen molar-refractivity contribution in [3.63, 3.8) is 0 Å². The number of hydrogen-bond acceptors (Lipinski definition) is 4. The van der Waals surface area contributed by atoms with E-state index in [0.717, 1.165) is 12.2 Å². The fraction of sp³-hybridized carbons (Fsp3) is 0.556. The summed E-state index contributed by atoms with van der Waals surface area (Å²) in [6, 6.07) is 2.19. The maximum absolute atomic E-state index is 8.80. The molecule has 1 rings (SSSR count). The predicted molar refractivity (Wildman–Crippen MR) is 51.3 cm³/mol. The number of nitrogens with one attached hydrogen (secondary N) is 1. The van der Waals surface area contributed by atoms with E-state index in [1.807, 2.05) is 0 Å². The summed E-state index contributed by atoms with van der Waals surface area (Å²) >= 11 is 0. The van der Waals surface area contributed by atoms with Gasteiger partial charge in [-0.3, -0.25) is 0 Å². The Morgan fingerprint density at radius 1 is 1.62 bits per heavy atom. The number of aromatic nitrogens is 2. The van der Waals surface area contributed by atoms with Crippen molar-refractivity contribution in [2.75, 3.05) is 5.32 Å². The van der Waals surface area contributed by atoms with Gasteiger partial charge < -0.3 is 10.4 Å². The molecule has 1 aromatic rings. The van der Waals surface area contributed by atoms with Crippen molar-refractivity contribution in [3.8, 4) is 0 Å². The fourth-order valence-electron chi connectivity index (χ4n) is 0.910. The highest BCUT2D eigenvalue weighted by Gasteiger charge is 2.00. The number of rotatable bonds is 4. The average molecular weight is 181 g/mol. The first-order chi connectivity index (χ1) is 6.26. The molecule has 0 amide bonds. The van der Waals surface area contributed by atoms with Gasteiger partial charge in [0.05, 0.1) is 0 Å². The molecule has 4 nitrogen and oxygen atoms in total. The van der Waals surface area contributed by atoms with Crippen molar-refractivity contribution in [2.45, 2.75) is 32.9 Å². The van der Waals surface area contributed by atoms with Crippen molar-refractivity contribution in [1.29, 1.82) is 0 Å². The molecule has 72 valence electrons. The molecule has 0 spiro atoms. The molecule has 0 aliphatic carbocycles. The summed E-state index contributed by atoms with van der Waals surface area (Å²) in [5, 5.41) is 12.0. The van der Waals surface area contributed by atoms with Crippen LogP contribution in [-0.2, 0) is 6.61 Å². The lowest BCUT2D eigenvalue weighted by atomic mass is 10.2. The first-order valence-electron chi connectivity index (χ1n) is 4.45. The van der Waals surface area contributed by atoms with Gasteiger partial charge in [0.15, 0.2) is 5.82 Å². The molecule has 1 aromatic heterocycles. The Bertz CT molecular complexity index is 265. The van der Waals surface area contributed by atoms with E-state index in [9.17, 15) is 0 Å². The Balaban J connectivity index is 2.66. The summed E-state index contributed by atoms with van der Waals surface area (Å²) in [7, 11) is 0. The van der Waals surface area contributed by atoms with E-state index >= 15 is 0 Å². The largest absolute Gasteiger partial charge is 0.388 e. The molecule has 0 fully saturated rings. The van der Waals surface area contributed by atoms with Gasteiger partial charge in [-0.2, -0.15) is 0 Å². The van der Waals surface area contributed by atoms with Crippen LogP contribution in [0, 0.1) is 0 Å². The number of nitrogens with zero attached hydrogens (tertiary/aromatic N) is 2. The second-order valence-corrected chi connectivity index (χ2v) is 2.97. The highest BCUT2D eigenvalue weighted by Crippen LogP contribution is 2.05. The standard InChI is InChI=1S/C9H15N3O/c1-3-7(2)11-8-4-5-10-9(6-13)12-8/h4-5,7,13H,3,6H2,1-2H3,(H,10,11,12). The fourth-order valence-corrected chi connectivity index (χ4v) is 0.910. The number of anilines is 1. The Hall–Kier alpha value is -1.16. The zero-order chi connectivity index (χ0) is 9.68. The van der Waals surface area contributed by atoms with Crippen molar-refractivity contribution in [3.05, 3.63) is 18.1 Å². The van der Waals surface area contributed by atoms with E-state index in [1.165, 1.54) is 0 Å². The van der Waals surface area contributed by atoms with Crippen molar-refractivity contribution in [2.24, 2.45) is 0 Å². The average Bonchev–Trinajstić information content (AvgIpc) is 2.18. The molecule has 1 atom stereocenters. The minimum atomic E-state index is -0.115. The Labute approximate surface area is 78.0 Å². The molecule has 1 unspecified atom stereocenters. The molecular formula is C9H15N3O. The van der Waals surface area contributed by atoms with Crippen molar-refractivity contribution in [1.82, 2.24) is 9.97 Å². The maximum Gasteiger partial charge on any atom is 0.156 e. The van der Waals surface area contributed by atoms with Crippen LogP contribution in [0.4, 0.5) is 5.82 Å². The molecule has 0 bridgehead atoms. The number of aliphatic hydroxyl groups excluding tert-OH is 1. The van der Waals surface area contributed by atoms with E-state index in [0.29, 0.717) is 11.9 Å². The molecule has 4 heteroatoms. The van der Waals surface area contributed by atoms with Crippen LogP contribution in [0.25, 0.3) is 0 Å². The lowest BCUT2D eigenvalue weighted by molar-refractivity contribution is 0.271. The quantitative estimate of drug-likeness (QED) is 0.732. The predicted octanol–water partition coefficient (Wildman–Crippen LogP) is 1.18. The van der Waals surface area contributed by atoms with Gasteiger partial charge in [0, 0.05) is 12.2 Å². The third-order valence-corrected chi connectivity index (χ3v) is 1.85. The first kappa shape index (κ1) is 9.92. The van der Waals surface area contributed by atoms with Gasteiger partial charge in [0.25, 0.3) is 0 Å². The van der Waals surface area contributed by atoms with E-state index in [-0.39, 0.29) is 6.61 Å². The molecule has 0 radical (unpaired) electrons. The molecule has 1 heterocycles. The zero-order valence-electron chi connectivity index (χ0n) is 7.99. The maximum atomic E-state index is 8.80. The van der Waals surface area contributed by atoms with Gasteiger partial charge in [0.2, 0.25) is 0 Å². The highest BCUT2D eigenvalue weighted by molar-refractivity contribution is 5.33. The van der Waals surface area contributed by atoms with Gasteiger partial charge in [-0.05, 0) is 19.4 Å². The van der Waals surface area contributed by atoms with E-state index < -0.39 is 0 Å². The van der Waals surface area contributed by atoms with E-state index in [1.54, 1.807) is 12.3 Å². The third-order valence-electron chi connectivity index (χ3n) is 1.85. The molecule has 0 saturated heterocycles. The van der Waals surface area contributed by atoms with Gasteiger partial charge in [-0.15, -0.1) is 0 Å². The molecule has 2 N–H and O–H groups in total. The summed E-state index contributed by atoms with van der Waals surface area (Å²) in [6.07, 6.45) is 2.68. The van der Waals surface area contributed by atoms with Crippen LogP contribution >= 0.6 is 0 Å². The topological polar surface area (TPSA) is 58.0 Å². The molecule has 13 heavy (non-hydrogen) atoms. The van der Waals surface area contributed by atoms with Gasteiger partial charge in [-0.25, -0.2) is 9.97 Å². The minimum Gasteiger partial charge on any atom is -0.388 e. The van der Waals surface area contributed by atoms with Crippen LogP contribution in [0.1, 0.15) is 26.1 Å². The minimum absolute atomic E-state index is 0.115. The summed E-state index contributed by atoms with van der Waals surface area (Å²) < 4.78 is 0. The second-order valence-electron chi connectivity index (χ2n) is 2.97. The van der Waals surface area contributed by atoms with Crippen molar-refractivity contribution < 1.29 is 5.11 Å². The number of aliphatic hydroxyl groups is 1. The Morgan fingerprint density at radius 2 is 2.38 bits per heavy atom. The Kier molecular flexibility index (Phi) is 3.64. The van der Waals surface area contributed by atoms with Crippen LogP contribution in [0.5, 0.6) is 0 Å². The lowest BCUT2D eigenvalue weighted by Gasteiger charge is -2.11. The summed E-state index contributed by atoms with van der Waals surface area (Å²) in [4.78, 5) is 8.00. The smallest absolute Gasteiger partial charge is 0.156 e. The SMILES string of the molecule is CCC(C)Nc1ccnc(CO)n1. The van der Waals surface area contributed by atoms with Gasteiger partial charge in [-0.1, -0.05) is 6.92 Å². The molecule has 0 aliphatic rings. The van der Waals surface area contributed by atoms with Crippen LogP contribution in [0.3, 0.4) is 0 Å². The number of hydrogen-bond donors (Lipinski definition) is 2.